The number of aliphatic hydroxyl groups excluding tert-OH is 5. The van der Waals surface area contributed by atoms with Crippen molar-refractivity contribution in [2.24, 2.45) is 10.2 Å². The molecule has 19 nitrogen and oxygen atoms in total. The van der Waals surface area contributed by atoms with Gasteiger partial charge in [0.15, 0.2) is 24.2 Å². The highest BCUT2D eigenvalue weighted by atomic mass is 16.8. The Bertz CT molecular complexity index is 1030. The van der Waals surface area contributed by atoms with E-state index in [4.69, 9.17) is 39.5 Å². The number of ether oxygens (including phenoxy) is 6. The second-order valence-electron chi connectivity index (χ2n) is 12.4. The summed E-state index contributed by atoms with van der Waals surface area (Å²) in [6, 6.07) is -3.34. The van der Waals surface area contributed by atoms with Crippen molar-refractivity contribution in [1.29, 1.82) is 0 Å². The molecule has 4 heterocycles. The summed E-state index contributed by atoms with van der Waals surface area (Å²) in [5.74, 6) is -1.90. The summed E-state index contributed by atoms with van der Waals surface area (Å²) in [7, 11) is 0. The Balaban J connectivity index is 1.16. The molecule has 242 valence electrons. The van der Waals surface area contributed by atoms with Crippen LogP contribution in [-0.4, -0.2) is 142 Å². The van der Waals surface area contributed by atoms with E-state index in [1.54, 1.807) is 27.7 Å². The molecule has 3 unspecified atom stereocenters. The van der Waals surface area contributed by atoms with Crippen LogP contribution in [0.4, 0.5) is 0 Å². The molecule has 0 aromatic carbocycles. The fraction of sp³-hybridized carbons (Fsp3) is 1.00. The van der Waals surface area contributed by atoms with Crippen molar-refractivity contribution in [1.82, 2.24) is 10.6 Å². The third kappa shape index (κ3) is 6.57. The van der Waals surface area contributed by atoms with E-state index in [2.05, 4.69) is 30.7 Å². The predicted molar refractivity (Wildman–Crippen MR) is 141 cm³/mol. The van der Waals surface area contributed by atoms with Crippen LogP contribution in [0, 0.1) is 0 Å². The van der Waals surface area contributed by atoms with Crippen LogP contribution in [-0.2, 0) is 28.4 Å². The molecule has 0 aromatic rings. The SMILES string of the molecule is CC1(C)O[C@H]2O[C@H](C(O)CN[C@H]3C[C@@H](NCC(O)[C@H]4O[C@@H]5OC(C)(C)O[C@@H]5[C@H]4N=[N+]=[N-])[C@H](O)C(O)[C@@H]3O)[C@H](N=[N+]=[N-])[C@H]2O1. The van der Waals surface area contributed by atoms with Gasteiger partial charge in [0.1, 0.15) is 18.3 Å². The van der Waals surface area contributed by atoms with E-state index in [0.29, 0.717) is 0 Å². The minimum Gasteiger partial charge on any atom is -0.389 e. The number of nitrogens with one attached hydrogen (secondary N) is 2. The van der Waals surface area contributed by atoms with Crippen molar-refractivity contribution in [2.45, 2.75) is 137 Å². The van der Waals surface area contributed by atoms with Crippen LogP contribution in [0.15, 0.2) is 10.2 Å². The predicted octanol–water partition coefficient (Wildman–Crippen LogP) is -1.78. The number of hydrogen-bond acceptors (Lipinski definition) is 15. The van der Waals surface area contributed by atoms with Gasteiger partial charge in [-0.15, -0.1) is 0 Å². The van der Waals surface area contributed by atoms with E-state index in [1.165, 1.54) is 0 Å². The molecule has 1 aliphatic carbocycles. The van der Waals surface area contributed by atoms with Crippen LogP contribution in [0.5, 0.6) is 0 Å². The Morgan fingerprint density at radius 3 is 1.49 bits per heavy atom. The highest BCUT2D eigenvalue weighted by Crippen LogP contribution is 2.41. The van der Waals surface area contributed by atoms with Crippen molar-refractivity contribution in [3.05, 3.63) is 20.9 Å². The Labute approximate surface area is 246 Å². The minimum absolute atomic E-state index is 0.0900. The van der Waals surface area contributed by atoms with E-state index in [0.717, 1.165) is 0 Å². The maximum absolute atomic E-state index is 10.9. The Hall–Kier alpha value is -1.90. The van der Waals surface area contributed by atoms with Crippen molar-refractivity contribution in [3.63, 3.8) is 0 Å². The second-order valence-corrected chi connectivity index (χ2v) is 12.4. The molecular weight excluding hydrogens is 576 g/mol. The van der Waals surface area contributed by atoms with Crippen LogP contribution in [0.2, 0.25) is 0 Å². The standard InChI is InChI=1S/C24H40N8O11/c1-23(2)40-19-12(29-31-25)17(38-21(19)42-23)10(33)6-27-8-5-9(15(36)16(37)14(8)35)28-7-11(34)18-13(30-32-26)20-22(39-18)43-24(3,4)41-20/h8-22,27-28,33-37H,5-7H2,1-4H3/t8-,9+,10?,11?,12-,13-,14+,15-,16?,17+,18+,19+,20+,21+,22+/m0/s1. The lowest BCUT2D eigenvalue weighted by Crippen LogP contribution is -2.64. The zero-order chi connectivity index (χ0) is 31.3. The zero-order valence-corrected chi connectivity index (χ0v) is 24.2. The summed E-state index contributed by atoms with van der Waals surface area (Å²) in [5.41, 5.74) is 18.1. The molecule has 19 heteroatoms. The van der Waals surface area contributed by atoms with Crippen LogP contribution < -0.4 is 10.6 Å². The lowest BCUT2D eigenvalue weighted by atomic mass is 9.83. The molecule has 5 rings (SSSR count). The molecule has 43 heavy (non-hydrogen) atoms. The number of nitrogens with zero attached hydrogens (tertiary/aromatic N) is 6. The van der Waals surface area contributed by atoms with E-state index >= 15 is 0 Å². The molecule has 0 aromatic heterocycles. The molecule has 1 saturated carbocycles. The number of aliphatic hydroxyl groups is 5. The van der Waals surface area contributed by atoms with Crippen molar-refractivity contribution in [2.75, 3.05) is 13.1 Å². The maximum atomic E-state index is 10.9. The van der Waals surface area contributed by atoms with Gasteiger partial charge >= 0.3 is 0 Å². The number of rotatable bonds is 10. The molecule has 5 aliphatic rings. The first-order valence-corrected chi connectivity index (χ1v) is 14.2. The summed E-state index contributed by atoms with van der Waals surface area (Å²) < 4.78 is 34.5. The molecule has 0 amide bonds. The monoisotopic (exact) mass is 616 g/mol. The first kappa shape index (κ1) is 32.5. The summed E-state index contributed by atoms with van der Waals surface area (Å²) in [4.78, 5) is 5.70. The minimum atomic E-state index is -1.55. The molecule has 4 aliphatic heterocycles. The first-order valence-electron chi connectivity index (χ1n) is 14.2. The summed E-state index contributed by atoms with van der Waals surface area (Å²) in [5, 5.41) is 67.1. The highest BCUT2D eigenvalue weighted by Gasteiger charge is 2.57. The summed E-state index contributed by atoms with van der Waals surface area (Å²) in [6.45, 7) is 6.50. The highest BCUT2D eigenvalue weighted by molar-refractivity contribution is 5.04. The molecule has 5 fully saturated rings. The van der Waals surface area contributed by atoms with Gasteiger partial charge in [-0.05, 0) is 45.2 Å². The van der Waals surface area contributed by atoms with Gasteiger partial charge in [-0.25, -0.2) is 0 Å². The van der Waals surface area contributed by atoms with Gasteiger partial charge in [-0.2, -0.15) is 0 Å². The van der Waals surface area contributed by atoms with Crippen molar-refractivity contribution >= 4 is 0 Å². The Kier molecular flexibility index (Phi) is 9.43. The van der Waals surface area contributed by atoms with E-state index in [9.17, 15) is 25.5 Å². The number of fused-ring (bicyclic) bond motifs is 2. The summed E-state index contributed by atoms with van der Waals surface area (Å²) in [6.07, 6.45) is -11.7. The van der Waals surface area contributed by atoms with Gasteiger partial charge in [-0.1, -0.05) is 10.2 Å². The summed E-state index contributed by atoms with van der Waals surface area (Å²) >= 11 is 0. The van der Waals surface area contributed by atoms with Gasteiger partial charge in [0.2, 0.25) is 0 Å². The van der Waals surface area contributed by atoms with Crippen LogP contribution in [0.1, 0.15) is 34.1 Å². The number of azide groups is 2. The van der Waals surface area contributed by atoms with E-state index in [1.807, 2.05) is 0 Å². The lowest BCUT2D eigenvalue weighted by Gasteiger charge is -2.42. The quantitative estimate of drug-likeness (QED) is 0.0813. The second kappa shape index (κ2) is 12.5. The lowest BCUT2D eigenvalue weighted by molar-refractivity contribution is -0.215. The third-order valence-electron chi connectivity index (χ3n) is 8.44. The van der Waals surface area contributed by atoms with Gasteiger partial charge < -0.3 is 64.6 Å². The van der Waals surface area contributed by atoms with E-state index in [-0.39, 0.29) is 19.5 Å². The molecule has 0 bridgehead atoms. The molecule has 4 saturated heterocycles. The third-order valence-corrected chi connectivity index (χ3v) is 8.44. The number of hydrogen-bond donors (Lipinski definition) is 7. The van der Waals surface area contributed by atoms with Gasteiger partial charge in [-0.3, -0.25) is 0 Å². The average Bonchev–Trinajstić information content (AvgIpc) is 3.62. The fourth-order valence-electron chi connectivity index (χ4n) is 6.47. The fourth-order valence-corrected chi connectivity index (χ4v) is 6.47. The van der Waals surface area contributed by atoms with E-state index < -0.39 is 103 Å². The topological polar surface area (TPSA) is 278 Å². The molecule has 15 atom stereocenters. The normalized spacial score (nSPS) is 45.9. The molecule has 7 N–H and O–H groups in total. The first-order chi connectivity index (χ1) is 20.2. The average molecular weight is 617 g/mol. The van der Waals surface area contributed by atoms with Gasteiger partial charge in [0, 0.05) is 35.0 Å². The van der Waals surface area contributed by atoms with Crippen LogP contribution >= 0.6 is 0 Å². The Morgan fingerprint density at radius 1 is 0.721 bits per heavy atom. The van der Waals surface area contributed by atoms with Crippen molar-refractivity contribution in [3.8, 4) is 0 Å². The van der Waals surface area contributed by atoms with Crippen molar-refractivity contribution < 1.29 is 54.0 Å². The smallest absolute Gasteiger partial charge is 0.188 e. The molecular formula is C24H40N8O11. The van der Waals surface area contributed by atoms with Crippen LogP contribution in [0.25, 0.3) is 20.9 Å². The largest absolute Gasteiger partial charge is 0.389 e. The van der Waals surface area contributed by atoms with Gasteiger partial charge in [0.05, 0.1) is 48.7 Å². The maximum Gasteiger partial charge on any atom is 0.188 e. The molecule has 0 spiro atoms. The molecule has 0 radical (unpaired) electrons. The Morgan fingerprint density at radius 2 is 1.12 bits per heavy atom. The van der Waals surface area contributed by atoms with Crippen LogP contribution in [0.3, 0.4) is 0 Å². The van der Waals surface area contributed by atoms with Gasteiger partial charge in [0.25, 0.3) is 0 Å². The zero-order valence-electron chi connectivity index (χ0n) is 24.2.